The summed E-state index contributed by atoms with van der Waals surface area (Å²) in [4.78, 5) is 26.5. The van der Waals surface area contributed by atoms with Gasteiger partial charge >= 0.3 is 7.60 Å². The van der Waals surface area contributed by atoms with Gasteiger partial charge in [-0.1, -0.05) is 59.0 Å². The van der Waals surface area contributed by atoms with Gasteiger partial charge in [0.05, 0.1) is 24.2 Å². The highest BCUT2D eigenvalue weighted by molar-refractivity contribution is 14.1. The average molecular weight is 715 g/mol. The monoisotopic (exact) mass is 714 g/mol. The van der Waals surface area contributed by atoms with Crippen molar-refractivity contribution in [3.05, 3.63) is 102 Å². The number of tetrazole rings is 1. The second-order valence-corrected chi connectivity index (χ2v) is 12.0. The number of rotatable bonds is 14. The minimum absolute atomic E-state index is 0.230. The van der Waals surface area contributed by atoms with Crippen LogP contribution in [0.25, 0.3) is 11.8 Å². The molecule has 224 valence electrons. The van der Waals surface area contributed by atoms with Crippen molar-refractivity contribution in [2.75, 3.05) is 18.5 Å². The number of amides is 2. The van der Waals surface area contributed by atoms with E-state index < -0.39 is 25.5 Å². The molecule has 0 unspecified atom stereocenters. The summed E-state index contributed by atoms with van der Waals surface area (Å²) >= 11 is 2.27. The third-order valence-corrected chi connectivity index (χ3v) is 9.23. The Hall–Kier alpha value is -3.71. The van der Waals surface area contributed by atoms with Crippen molar-refractivity contribution in [3.8, 4) is 5.69 Å². The highest BCUT2D eigenvalue weighted by atomic mass is 127. The van der Waals surface area contributed by atoms with Crippen molar-refractivity contribution in [1.29, 1.82) is 0 Å². The lowest BCUT2D eigenvalue weighted by Gasteiger charge is -2.19. The predicted octanol–water partition coefficient (Wildman–Crippen LogP) is 4.87. The molecule has 0 bridgehead atoms. The molecule has 0 saturated heterocycles. The van der Waals surface area contributed by atoms with Crippen LogP contribution in [-0.2, 0) is 34.0 Å². The maximum absolute atomic E-state index is 13.4. The van der Waals surface area contributed by atoms with Crippen molar-refractivity contribution in [2.45, 2.75) is 30.7 Å². The van der Waals surface area contributed by atoms with Gasteiger partial charge < -0.3 is 19.7 Å². The zero-order valence-corrected chi connectivity index (χ0v) is 26.8. The third kappa shape index (κ3) is 8.90. The van der Waals surface area contributed by atoms with Crippen molar-refractivity contribution in [3.63, 3.8) is 0 Å². The standard InChI is InChI=1S/C30H32IN6O5P/c1-3-41-43(40,42-4-2)26-14-12-25(13-15-26)33-30(39)27(19-22-8-6-5-7-9-22)34-29(38)17-11-24-18-23(20-31)10-16-28(24)37-21-32-35-36-37/h5-18,21,27H,3-4,19-20H2,1-2H3,(H,33,39)(H,34,38)/b17-11+/t27-/m0/s1. The summed E-state index contributed by atoms with van der Waals surface area (Å²) in [6, 6.07) is 20.8. The van der Waals surface area contributed by atoms with Gasteiger partial charge in [-0.2, -0.15) is 4.68 Å². The Kier molecular flexibility index (Phi) is 11.7. The second-order valence-electron chi connectivity index (χ2n) is 9.23. The van der Waals surface area contributed by atoms with Crippen LogP contribution in [0.3, 0.4) is 0 Å². The number of hydrogen-bond donors (Lipinski definition) is 2. The first-order valence-electron chi connectivity index (χ1n) is 13.6. The summed E-state index contributed by atoms with van der Waals surface area (Å²) in [7, 11) is -3.46. The van der Waals surface area contributed by atoms with Gasteiger partial charge in [-0.25, -0.2) is 0 Å². The number of anilines is 1. The molecule has 1 atom stereocenters. The predicted molar refractivity (Wildman–Crippen MR) is 174 cm³/mol. The lowest BCUT2D eigenvalue weighted by atomic mass is 10.0. The number of aromatic nitrogens is 4. The molecule has 0 fully saturated rings. The summed E-state index contributed by atoms with van der Waals surface area (Å²) in [5.74, 6) is -0.847. The lowest BCUT2D eigenvalue weighted by Crippen LogP contribution is -2.44. The van der Waals surface area contributed by atoms with E-state index in [0.717, 1.165) is 21.1 Å². The van der Waals surface area contributed by atoms with Gasteiger partial charge in [0, 0.05) is 28.2 Å². The summed E-state index contributed by atoms with van der Waals surface area (Å²) in [6.45, 7) is 3.94. The van der Waals surface area contributed by atoms with Gasteiger partial charge in [-0.05, 0) is 77.9 Å². The van der Waals surface area contributed by atoms with Crippen molar-refractivity contribution < 1.29 is 23.2 Å². The summed E-state index contributed by atoms with van der Waals surface area (Å²) in [5.41, 5.74) is 3.88. The van der Waals surface area contributed by atoms with Gasteiger partial charge in [0.2, 0.25) is 11.8 Å². The molecule has 0 saturated carbocycles. The van der Waals surface area contributed by atoms with Crippen LogP contribution in [0.1, 0.15) is 30.5 Å². The molecular weight excluding hydrogens is 682 g/mol. The molecule has 2 amide bonds. The van der Waals surface area contributed by atoms with E-state index in [1.807, 2.05) is 48.5 Å². The SMILES string of the molecule is CCOP(=O)(OCC)c1ccc(NC(=O)[C@H](Cc2ccccc2)NC(=O)/C=C/c2cc(CI)ccc2-n2cnnn2)cc1. The Balaban J connectivity index is 1.52. The van der Waals surface area contributed by atoms with Gasteiger partial charge in [-0.15, -0.1) is 5.10 Å². The van der Waals surface area contributed by atoms with E-state index in [0.29, 0.717) is 16.7 Å². The molecule has 4 rings (SSSR count). The van der Waals surface area contributed by atoms with Gasteiger partial charge in [-0.3, -0.25) is 14.2 Å². The minimum Gasteiger partial charge on any atom is -0.340 e. The molecule has 0 radical (unpaired) electrons. The van der Waals surface area contributed by atoms with E-state index in [9.17, 15) is 14.2 Å². The largest absolute Gasteiger partial charge is 0.361 e. The van der Waals surface area contributed by atoms with Crippen LogP contribution in [0.5, 0.6) is 0 Å². The molecule has 4 aromatic rings. The number of alkyl halides is 1. The molecule has 0 aliphatic rings. The van der Waals surface area contributed by atoms with Crippen molar-refractivity contribution >= 4 is 59.1 Å². The average Bonchev–Trinajstić information content (AvgIpc) is 3.55. The normalized spacial score (nSPS) is 12.3. The fraction of sp³-hybridized carbons (Fsp3) is 0.233. The molecule has 2 N–H and O–H groups in total. The molecule has 0 aliphatic heterocycles. The second kappa shape index (κ2) is 15.7. The Labute approximate surface area is 263 Å². The maximum atomic E-state index is 13.4. The van der Waals surface area contributed by atoms with E-state index in [2.05, 4.69) is 48.7 Å². The van der Waals surface area contributed by atoms with E-state index >= 15 is 0 Å². The number of halogens is 1. The number of nitrogens with one attached hydrogen (secondary N) is 2. The summed E-state index contributed by atoms with van der Waals surface area (Å²) < 4.78 is 26.2. The summed E-state index contributed by atoms with van der Waals surface area (Å²) in [5, 5.41) is 17.4. The zero-order chi connectivity index (χ0) is 30.7. The van der Waals surface area contributed by atoms with E-state index in [1.54, 1.807) is 44.2 Å². The first kappa shape index (κ1) is 32.2. The number of hydrogen-bond acceptors (Lipinski definition) is 8. The van der Waals surface area contributed by atoms with Crippen LogP contribution in [0.15, 0.2) is 85.2 Å². The molecular formula is C30H32IN6O5P. The van der Waals surface area contributed by atoms with E-state index in [4.69, 9.17) is 9.05 Å². The Morgan fingerprint density at radius 1 is 1.00 bits per heavy atom. The molecule has 1 heterocycles. The summed E-state index contributed by atoms with van der Waals surface area (Å²) in [6.07, 6.45) is 4.82. The fourth-order valence-corrected chi connectivity index (χ4v) is 6.27. The first-order valence-corrected chi connectivity index (χ1v) is 16.7. The zero-order valence-electron chi connectivity index (χ0n) is 23.7. The molecule has 3 aromatic carbocycles. The van der Waals surface area contributed by atoms with Gasteiger partial charge in [0.15, 0.2) is 0 Å². The quantitative estimate of drug-likeness (QED) is 0.0818. The fourth-order valence-electron chi connectivity index (χ4n) is 4.23. The highest BCUT2D eigenvalue weighted by Gasteiger charge is 2.27. The topological polar surface area (TPSA) is 137 Å². The minimum atomic E-state index is -3.46. The maximum Gasteiger partial charge on any atom is 0.361 e. The van der Waals surface area contributed by atoms with Gasteiger partial charge in [0.25, 0.3) is 0 Å². The molecule has 0 spiro atoms. The van der Waals surface area contributed by atoms with E-state index in [1.165, 1.54) is 17.1 Å². The smallest absolute Gasteiger partial charge is 0.340 e. The van der Waals surface area contributed by atoms with Crippen LogP contribution in [0.4, 0.5) is 5.69 Å². The first-order chi connectivity index (χ1) is 20.8. The highest BCUT2D eigenvalue weighted by Crippen LogP contribution is 2.46. The van der Waals surface area contributed by atoms with Crippen LogP contribution in [0, 0.1) is 0 Å². The molecule has 13 heteroatoms. The Morgan fingerprint density at radius 3 is 2.35 bits per heavy atom. The van der Waals surface area contributed by atoms with Crippen LogP contribution < -0.4 is 15.9 Å². The Morgan fingerprint density at radius 2 is 1.72 bits per heavy atom. The molecule has 1 aromatic heterocycles. The third-order valence-electron chi connectivity index (χ3n) is 6.22. The number of benzene rings is 3. The number of carbonyl (C=O) groups excluding carboxylic acids is 2. The molecule has 11 nitrogen and oxygen atoms in total. The van der Waals surface area contributed by atoms with Crippen LogP contribution in [0.2, 0.25) is 0 Å². The van der Waals surface area contributed by atoms with Crippen LogP contribution >= 0.6 is 30.2 Å². The molecule has 0 aliphatic carbocycles. The van der Waals surface area contributed by atoms with Crippen molar-refractivity contribution in [1.82, 2.24) is 25.5 Å². The lowest BCUT2D eigenvalue weighted by molar-refractivity contribution is -0.123. The number of nitrogens with zero attached hydrogens (tertiary/aromatic N) is 4. The van der Waals surface area contributed by atoms with E-state index in [-0.39, 0.29) is 19.6 Å². The van der Waals surface area contributed by atoms with Gasteiger partial charge in [0.1, 0.15) is 12.4 Å². The van der Waals surface area contributed by atoms with Crippen molar-refractivity contribution in [2.24, 2.45) is 0 Å². The molecule has 43 heavy (non-hydrogen) atoms. The van der Waals surface area contributed by atoms with Crippen LogP contribution in [-0.4, -0.2) is 51.3 Å². The Bertz CT molecular complexity index is 1570. The number of carbonyl (C=O) groups is 2.